The summed E-state index contributed by atoms with van der Waals surface area (Å²) in [5.41, 5.74) is 0.901. The summed E-state index contributed by atoms with van der Waals surface area (Å²) in [6, 6.07) is 4.95. The number of hydrogen-bond acceptors (Lipinski definition) is 2. The van der Waals surface area contributed by atoms with Gasteiger partial charge in [-0.25, -0.2) is 4.79 Å². The number of rotatable bonds is 4. The van der Waals surface area contributed by atoms with Crippen LogP contribution in [0.2, 0.25) is 10.0 Å². The summed E-state index contributed by atoms with van der Waals surface area (Å²) >= 11 is 11.9. The Bertz CT molecular complexity index is 525. The van der Waals surface area contributed by atoms with Gasteiger partial charge in [-0.3, -0.25) is 0 Å². The Hall–Kier alpha value is -0.970. The van der Waals surface area contributed by atoms with Gasteiger partial charge in [0.1, 0.15) is 0 Å². The van der Waals surface area contributed by atoms with Gasteiger partial charge in [0.25, 0.3) is 0 Å². The maximum absolute atomic E-state index is 12.0. The molecule has 1 aliphatic rings. The fourth-order valence-corrected chi connectivity index (χ4v) is 3.10. The van der Waals surface area contributed by atoms with Crippen molar-refractivity contribution < 1.29 is 9.90 Å². The summed E-state index contributed by atoms with van der Waals surface area (Å²) in [6.07, 6.45) is 3.49. The molecule has 3 atom stereocenters. The number of benzene rings is 1. The quantitative estimate of drug-likeness (QED) is 0.775. The summed E-state index contributed by atoms with van der Waals surface area (Å²) in [5, 5.41) is 16.4. The third-order valence-electron chi connectivity index (χ3n) is 4.10. The van der Waals surface area contributed by atoms with Crippen LogP contribution < -0.4 is 10.6 Å². The third kappa shape index (κ3) is 5.04. The second-order valence-electron chi connectivity index (χ2n) is 5.94. The van der Waals surface area contributed by atoms with Crippen molar-refractivity contribution in [3.8, 4) is 0 Å². The van der Waals surface area contributed by atoms with E-state index in [0.29, 0.717) is 22.5 Å². The molecule has 1 saturated carbocycles. The normalized spacial score (nSPS) is 22.9. The number of nitrogens with one attached hydrogen (secondary N) is 2. The first-order chi connectivity index (χ1) is 10.5. The molecule has 4 nitrogen and oxygen atoms in total. The first-order valence-electron chi connectivity index (χ1n) is 7.63. The van der Waals surface area contributed by atoms with Crippen molar-refractivity contribution in [2.24, 2.45) is 5.92 Å². The second kappa shape index (κ2) is 8.04. The van der Waals surface area contributed by atoms with Crippen LogP contribution in [0.15, 0.2) is 18.2 Å². The maximum Gasteiger partial charge on any atom is 0.315 e. The molecule has 1 aromatic carbocycles. The van der Waals surface area contributed by atoms with Gasteiger partial charge in [0.15, 0.2) is 0 Å². The fraction of sp³-hybridized carbons (Fsp3) is 0.562. The minimum Gasteiger partial charge on any atom is -0.393 e. The molecule has 3 N–H and O–H groups in total. The van der Waals surface area contributed by atoms with Crippen LogP contribution in [-0.2, 0) is 0 Å². The van der Waals surface area contributed by atoms with E-state index >= 15 is 0 Å². The second-order valence-corrected chi connectivity index (χ2v) is 6.75. The van der Waals surface area contributed by atoms with E-state index in [1.54, 1.807) is 12.1 Å². The van der Waals surface area contributed by atoms with Gasteiger partial charge >= 0.3 is 6.03 Å². The van der Waals surface area contributed by atoms with Crippen molar-refractivity contribution in [1.82, 2.24) is 10.6 Å². The standard InChI is InChI=1S/C16H22Cl2N2O2/c1-10(12-5-6-14(17)15(18)8-12)20-16(22)19-9-11-3-2-4-13(21)7-11/h5-6,8,10-11,13,21H,2-4,7,9H2,1H3,(H2,19,20,22). The summed E-state index contributed by atoms with van der Waals surface area (Å²) in [7, 11) is 0. The molecule has 2 amide bonds. The number of carbonyl (C=O) groups excluding carboxylic acids is 1. The molecule has 22 heavy (non-hydrogen) atoms. The highest BCUT2D eigenvalue weighted by Crippen LogP contribution is 2.26. The molecule has 0 saturated heterocycles. The first kappa shape index (κ1) is 17.4. The zero-order chi connectivity index (χ0) is 16.1. The lowest BCUT2D eigenvalue weighted by Crippen LogP contribution is -2.40. The van der Waals surface area contributed by atoms with Crippen LogP contribution >= 0.6 is 23.2 Å². The highest BCUT2D eigenvalue weighted by molar-refractivity contribution is 6.42. The minimum atomic E-state index is -0.223. The fourth-order valence-electron chi connectivity index (χ4n) is 2.80. The molecule has 6 heteroatoms. The Kier molecular flexibility index (Phi) is 6.36. The van der Waals surface area contributed by atoms with Gasteiger partial charge in [-0.15, -0.1) is 0 Å². The van der Waals surface area contributed by atoms with Crippen molar-refractivity contribution >= 4 is 29.2 Å². The van der Waals surface area contributed by atoms with E-state index in [1.165, 1.54) is 0 Å². The van der Waals surface area contributed by atoms with Crippen LogP contribution in [0.1, 0.15) is 44.2 Å². The van der Waals surface area contributed by atoms with Crippen LogP contribution in [0.25, 0.3) is 0 Å². The number of aliphatic hydroxyl groups excluding tert-OH is 1. The summed E-state index contributed by atoms with van der Waals surface area (Å²) in [6.45, 7) is 2.49. The molecule has 0 aromatic heterocycles. The SMILES string of the molecule is CC(NC(=O)NCC1CCCC(O)C1)c1ccc(Cl)c(Cl)c1. The van der Waals surface area contributed by atoms with E-state index < -0.39 is 0 Å². The van der Waals surface area contributed by atoms with Crippen molar-refractivity contribution in [3.63, 3.8) is 0 Å². The van der Waals surface area contributed by atoms with Gasteiger partial charge in [0.05, 0.1) is 22.2 Å². The highest BCUT2D eigenvalue weighted by atomic mass is 35.5. The molecule has 0 heterocycles. The van der Waals surface area contributed by atoms with E-state index in [2.05, 4.69) is 10.6 Å². The lowest BCUT2D eigenvalue weighted by atomic mass is 9.87. The van der Waals surface area contributed by atoms with Crippen LogP contribution in [0.3, 0.4) is 0 Å². The average Bonchev–Trinajstić information content (AvgIpc) is 2.48. The van der Waals surface area contributed by atoms with E-state index in [4.69, 9.17) is 23.2 Å². The van der Waals surface area contributed by atoms with Gasteiger partial charge in [-0.1, -0.05) is 35.7 Å². The molecule has 122 valence electrons. The monoisotopic (exact) mass is 344 g/mol. The lowest BCUT2D eigenvalue weighted by molar-refractivity contribution is 0.101. The minimum absolute atomic E-state index is 0.160. The Morgan fingerprint density at radius 3 is 2.82 bits per heavy atom. The number of amides is 2. The topological polar surface area (TPSA) is 61.4 Å². The van der Waals surface area contributed by atoms with Gasteiger partial charge in [0, 0.05) is 6.54 Å². The van der Waals surface area contributed by atoms with Crippen LogP contribution in [0.4, 0.5) is 4.79 Å². The Morgan fingerprint density at radius 1 is 1.36 bits per heavy atom. The molecular formula is C16H22Cl2N2O2. The molecule has 0 radical (unpaired) electrons. The van der Waals surface area contributed by atoms with Crippen molar-refractivity contribution in [1.29, 1.82) is 0 Å². The van der Waals surface area contributed by atoms with Gasteiger partial charge in [-0.05, 0) is 49.8 Å². The third-order valence-corrected chi connectivity index (χ3v) is 4.84. The van der Waals surface area contributed by atoms with Crippen molar-refractivity contribution in [2.75, 3.05) is 6.54 Å². The first-order valence-corrected chi connectivity index (χ1v) is 8.38. The summed E-state index contributed by atoms with van der Waals surface area (Å²) in [5.74, 6) is 0.356. The van der Waals surface area contributed by atoms with Gasteiger partial charge < -0.3 is 15.7 Å². The smallest absolute Gasteiger partial charge is 0.315 e. The van der Waals surface area contributed by atoms with Gasteiger partial charge in [0.2, 0.25) is 0 Å². The Labute approximate surface area is 141 Å². The lowest BCUT2D eigenvalue weighted by Gasteiger charge is -2.26. The van der Waals surface area contributed by atoms with E-state index in [-0.39, 0.29) is 18.2 Å². The maximum atomic E-state index is 12.0. The largest absolute Gasteiger partial charge is 0.393 e. The van der Waals surface area contributed by atoms with Crippen molar-refractivity contribution in [3.05, 3.63) is 33.8 Å². The summed E-state index contributed by atoms with van der Waals surface area (Å²) in [4.78, 5) is 12.0. The molecule has 2 rings (SSSR count). The predicted octanol–water partition coefficient (Wildman–Crippen LogP) is 3.90. The number of aliphatic hydroxyl groups is 1. The molecule has 3 unspecified atom stereocenters. The van der Waals surface area contributed by atoms with Crippen LogP contribution in [0, 0.1) is 5.92 Å². The number of carbonyl (C=O) groups is 1. The molecular weight excluding hydrogens is 323 g/mol. The van der Waals surface area contributed by atoms with Crippen LogP contribution in [-0.4, -0.2) is 23.8 Å². The molecule has 1 aromatic rings. The van der Waals surface area contributed by atoms with E-state index in [0.717, 1.165) is 31.2 Å². The van der Waals surface area contributed by atoms with E-state index in [1.807, 2.05) is 13.0 Å². The van der Waals surface area contributed by atoms with E-state index in [9.17, 15) is 9.90 Å². The van der Waals surface area contributed by atoms with Gasteiger partial charge in [-0.2, -0.15) is 0 Å². The zero-order valence-electron chi connectivity index (χ0n) is 12.6. The average molecular weight is 345 g/mol. The molecule has 1 fully saturated rings. The zero-order valence-corrected chi connectivity index (χ0v) is 14.1. The van der Waals surface area contributed by atoms with Crippen LogP contribution in [0.5, 0.6) is 0 Å². The number of hydrogen-bond donors (Lipinski definition) is 3. The number of halogens is 2. The molecule has 0 spiro atoms. The Morgan fingerprint density at radius 2 is 2.14 bits per heavy atom. The molecule has 0 aliphatic heterocycles. The number of urea groups is 1. The molecule has 0 bridgehead atoms. The highest BCUT2D eigenvalue weighted by Gasteiger charge is 2.20. The molecule has 1 aliphatic carbocycles. The summed E-state index contributed by atoms with van der Waals surface area (Å²) < 4.78 is 0. The predicted molar refractivity (Wildman–Crippen MR) is 89.4 cm³/mol. The van der Waals surface area contributed by atoms with Crippen molar-refractivity contribution in [2.45, 2.75) is 44.8 Å². The Balaban J connectivity index is 1.79.